The Morgan fingerprint density at radius 3 is 2.46 bits per heavy atom. The van der Waals surface area contributed by atoms with Crippen molar-refractivity contribution in [2.45, 2.75) is 45.6 Å². The lowest BCUT2D eigenvalue weighted by Gasteiger charge is -2.20. The Balaban J connectivity index is 1.86. The van der Waals surface area contributed by atoms with Gasteiger partial charge in [0.2, 0.25) is 5.91 Å². The van der Waals surface area contributed by atoms with Crippen LogP contribution in [0.4, 0.5) is 4.79 Å². The van der Waals surface area contributed by atoms with Gasteiger partial charge in [-0.3, -0.25) is 4.79 Å². The number of carbonyl (C=O) groups excluding carboxylic acids is 2. The number of hydrogen-bond donors (Lipinski definition) is 1. The van der Waals surface area contributed by atoms with Crippen molar-refractivity contribution >= 4 is 18.1 Å². The van der Waals surface area contributed by atoms with Gasteiger partial charge in [0.25, 0.3) is 0 Å². The van der Waals surface area contributed by atoms with Gasteiger partial charge in [-0.1, -0.05) is 0 Å². The number of hydrogen-bond acceptors (Lipinski definition) is 5. The fourth-order valence-electron chi connectivity index (χ4n) is 2.85. The minimum atomic E-state index is -0.420. The lowest BCUT2D eigenvalue weighted by molar-refractivity contribution is -0.127. The van der Waals surface area contributed by atoms with Crippen LogP contribution in [0.3, 0.4) is 0 Å². The number of amides is 2. The van der Waals surface area contributed by atoms with E-state index in [2.05, 4.69) is 5.32 Å². The zero-order valence-electron chi connectivity index (χ0n) is 17.3. The second-order valence-electron chi connectivity index (χ2n) is 7.70. The fraction of sp³-hybridized carbons (Fsp3) is 0.524. The number of nitrogens with zero attached hydrogens (tertiary/aromatic N) is 1. The zero-order valence-corrected chi connectivity index (χ0v) is 17.3. The van der Waals surface area contributed by atoms with Crippen LogP contribution in [-0.4, -0.2) is 49.8 Å². The first-order valence-corrected chi connectivity index (χ1v) is 9.41. The fourth-order valence-corrected chi connectivity index (χ4v) is 2.85. The predicted octanol–water partition coefficient (Wildman–Crippen LogP) is 3.36. The summed E-state index contributed by atoms with van der Waals surface area (Å²) in [6.45, 7) is 6.59. The van der Waals surface area contributed by atoms with Gasteiger partial charge in [-0.25, -0.2) is 4.79 Å². The molecular formula is C21H30N2O5. The number of nitrogens with one attached hydrogen (secondary N) is 1. The quantitative estimate of drug-likeness (QED) is 0.723. The molecule has 0 spiro atoms. The molecule has 0 saturated heterocycles. The third-order valence-electron chi connectivity index (χ3n) is 4.25. The maximum Gasteiger partial charge on any atom is 0.407 e. The van der Waals surface area contributed by atoms with E-state index >= 15 is 0 Å². The van der Waals surface area contributed by atoms with E-state index in [1.54, 1.807) is 25.3 Å². The Morgan fingerprint density at radius 1 is 1.14 bits per heavy atom. The number of alkyl carbamates (subject to hydrolysis) is 1. The summed E-state index contributed by atoms with van der Waals surface area (Å²) >= 11 is 0. The van der Waals surface area contributed by atoms with Crippen molar-refractivity contribution < 1.29 is 23.8 Å². The first-order chi connectivity index (χ1) is 13.2. The highest BCUT2D eigenvalue weighted by atomic mass is 16.5. The van der Waals surface area contributed by atoms with Crippen LogP contribution in [-0.2, 0) is 16.0 Å². The molecule has 0 saturated carbocycles. The molecule has 28 heavy (non-hydrogen) atoms. The minimum absolute atomic E-state index is 0.0219. The van der Waals surface area contributed by atoms with Crippen LogP contribution in [0.5, 0.6) is 11.5 Å². The summed E-state index contributed by atoms with van der Waals surface area (Å²) in [4.78, 5) is 25.9. The van der Waals surface area contributed by atoms with Gasteiger partial charge in [-0.05, 0) is 62.9 Å². The SMILES string of the molecule is COc1cc2c(cc1OC)CC(=O)N(CCCCOC(=O)NC(C)(C)C)C=C2. The first kappa shape index (κ1) is 21.6. The van der Waals surface area contributed by atoms with Crippen molar-refractivity contribution in [3.05, 3.63) is 29.5 Å². The van der Waals surface area contributed by atoms with Crippen LogP contribution in [0.15, 0.2) is 18.3 Å². The van der Waals surface area contributed by atoms with E-state index in [0.717, 1.165) is 17.5 Å². The van der Waals surface area contributed by atoms with Crippen molar-refractivity contribution in [1.29, 1.82) is 0 Å². The lowest BCUT2D eigenvalue weighted by atomic mass is 10.0. The molecule has 1 heterocycles. The molecule has 7 heteroatoms. The van der Waals surface area contributed by atoms with Gasteiger partial charge in [-0.2, -0.15) is 0 Å². The van der Waals surface area contributed by atoms with Crippen molar-refractivity contribution in [3.8, 4) is 11.5 Å². The summed E-state index contributed by atoms with van der Waals surface area (Å²) in [6.07, 6.45) is 5.01. The maximum atomic E-state index is 12.6. The molecule has 0 bridgehead atoms. The van der Waals surface area contributed by atoms with E-state index in [-0.39, 0.29) is 11.4 Å². The Morgan fingerprint density at radius 2 is 1.82 bits per heavy atom. The van der Waals surface area contributed by atoms with E-state index in [9.17, 15) is 9.59 Å². The molecule has 0 atom stereocenters. The van der Waals surface area contributed by atoms with Gasteiger partial charge in [0, 0.05) is 18.3 Å². The molecule has 1 aromatic carbocycles. The van der Waals surface area contributed by atoms with E-state index in [1.165, 1.54) is 0 Å². The number of ether oxygens (including phenoxy) is 3. The normalized spacial score (nSPS) is 13.6. The molecule has 2 rings (SSSR count). The van der Waals surface area contributed by atoms with Crippen molar-refractivity contribution in [2.75, 3.05) is 27.4 Å². The average molecular weight is 390 g/mol. The Hall–Kier alpha value is -2.70. The lowest BCUT2D eigenvalue weighted by Crippen LogP contribution is -2.41. The number of unbranched alkanes of at least 4 members (excludes halogenated alkanes) is 1. The van der Waals surface area contributed by atoms with Gasteiger partial charge < -0.3 is 24.4 Å². The zero-order chi connectivity index (χ0) is 20.7. The Labute approximate surface area is 166 Å². The number of benzene rings is 1. The van der Waals surface area contributed by atoms with E-state index < -0.39 is 6.09 Å². The van der Waals surface area contributed by atoms with Crippen molar-refractivity contribution in [3.63, 3.8) is 0 Å². The van der Waals surface area contributed by atoms with Crippen LogP contribution in [0.25, 0.3) is 6.08 Å². The molecule has 1 aromatic rings. The van der Waals surface area contributed by atoms with Crippen LogP contribution < -0.4 is 14.8 Å². The number of fused-ring (bicyclic) bond motifs is 1. The predicted molar refractivity (Wildman–Crippen MR) is 107 cm³/mol. The summed E-state index contributed by atoms with van der Waals surface area (Å²) in [5.74, 6) is 1.27. The third-order valence-corrected chi connectivity index (χ3v) is 4.25. The van der Waals surface area contributed by atoms with Gasteiger partial charge in [0.05, 0.1) is 27.2 Å². The van der Waals surface area contributed by atoms with Gasteiger partial charge in [0.15, 0.2) is 11.5 Å². The monoisotopic (exact) mass is 390 g/mol. The number of carbonyl (C=O) groups is 2. The molecule has 1 aliphatic heterocycles. The first-order valence-electron chi connectivity index (χ1n) is 9.41. The summed E-state index contributed by atoms with van der Waals surface area (Å²) in [5.41, 5.74) is 1.53. The van der Waals surface area contributed by atoms with Crippen molar-refractivity contribution in [2.24, 2.45) is 0 Å². The summed E-state index contributed by atoms with van der Waals surface area (Å²) in [6, 6.07) is 3.73. The largest absolute Gasteiger partial charge is 0.493 e. The molecule has 1 aliphatic rings. The molecule has 1 N–H and O–H groups in total. The van der Waals surface area contributed by atoms with Crippen LogP contribution >= 0.6 is 0 Å². The Kier molecular flexibility index (Phi) is 7.31. The Bertz CT molecular complexity index is 737. The minimum Gasteiger partial charge on any atom is -0.493 e. The molecular weight excluding hydrogens is 360 g/mol. The van der Waals surface area contributed by atoms with Crippen LogP contribution in [0.2, 0.25) is 0 Å². The summed E-state index contributed by atoms with van der Waals surface area (Å²) in [7, 11) is 3.17. The van der Waals surface area contributed by atoms with Gasteiger partial charge >= 0.3 is 6.09 Å². The standard InChI is InChI=1S/C21H30N2O5/c1-21(2,3)22-20(25)28-11-7-6-9-23-10-8-15-12-17(26-4)18(27-5)13-16(15)14-19(23)24/h8,10,12-13H,6-7,9,11,14H2,1-5H3,(H,22,25). The molecule has 2 amide bonds. The second-order valence-corrected chi connectivity index (χ2v) is 7.70. The highest BCUT2D eigenvalue weighted by molar-refractivity contribution is 5.84. The average Bonchev–Trinajstić information content (AvgIpc) is 2.77. The maximum absolute atomic E-state index is 12.6. The molecule has 0 radical (unpaired) electrons. The molecule has 7 nitrogen and oxygen atoms in total. The van der Waals surface area contributed by atoms with Crippen LogP contribution in [0.1, 0.15) is 44.7 Å². The molecule has 0 unspecified atom stereocenters. The molecule has 0 aliphatic carbocycles. The topological polar surface area (TPSA) is 77.1 Å². The molecule has 0 fully saturated rings. The van der Waals surface area contributed by atoms with E-state index in [4.69, 9.17) is 14.2 Å². The summed E-state index contributed by atoms with van der Waals surface area (Å²) in [5, 5.41) is 2.75. The highest BCUT2D eigenvalue weighted by Gasteiger charge is 2.19. The number of rotatable bonds is 7. The van der Waals surface area contributed by atoms with E-state index in [1.807, 2.05) is 39.0 Å². The highest BCUT2D eigenvalue weighted by Crippen LogP contribution is 2.32. The van der Waals surface area contributed by atoms with Gasteiger partial charge in [0.1, 0.15) is 0 Å². The van der Waals surface area contributed by atoms with E-state index in [0.29, 0.717) is 37.5 Å². The molecule has 154 valence electrons. The smallest absolute Gasteiger partial charge is 0.407 e. The third kappa shape index (κ3) is 6.18. The molecule has 0 aromatic heterocycles. The van der Waals surface area contributed by atoms with Crippen LogP contribution in [0, 0.1) is 0 Å². The summed E-state index contributed by atoms with van der Waals surface area (Å²) < 4.78 is 15.8. The van der Waals surface area contributed by atoms with Gasteiger partial charge in [-0.15, -0.1) is 0 Å². The number of methoxy groups -OCH3 is 2. The second kappa shape index (κ2) is 9.48. The van der Waals surface area contributed by atoms with Crippen molar-refractivity contribution in [1.82, 2.24) is 10.2 Å².